The first kappa shape index (κ1) is 21.0. The average molecular weight is 430 g/mol. The molecule has 9 heteroatoms. The molecule has 0 spiro atoms. The van der Waals surface area contributed by atoms with Crippen LogP contribution in [0.2, 0.25) is 0 Å². The van der Waals surface area contributed by atoms with Gasteiger partial charge in [0.05, 0.1) is 16.8 Å². The van der Waals surface area contributed by atoms with E-state index >= 15 is 0 Å². The number of ether oxygens (including phenoxy) is 1. The molecule has 0 radical (unpaired) electrons. The minimum absolute atomic E-state index is 0.171. The number of nitrogens with one attached hydrogen (secondary N) is 2. The van der Waals surface area contributed by atoms with Crippen LogP contribution < -0.4 is 20.9 Å². The zero-order valence-electron chi connectivity index (χ0n) is 17.9. The van der Waals surface area contributed by atoms with Crippen LogP contribution in [0.5, 0.6) is 11.5 Å². The lowest BCUT2D eigenvalue weighted by atomic mass is 10.1. The predicted octanol–water partition coefficient (Wildman–Crippen LogP) is 3.57. The van der Waals surface area contributed by atoms with Gasteiger partial charge in [-0.05, 0) is 37.3 Å². The highest BCUT2D eigenvalue weighted by molar-refractivity contribution is 5.87. The first-order valence-corrected chi connectivity index (χ1v) is 10.1. The van der Waals surface area contributed by atoms with Crippen molar-refractivity contribution in [3.63, 3.8) is 0 Å². The van der Waals surface area contributed by atoms with Crippen LogP contribution >= 0.6 is 0 Å². The smallest absolute Gasteiger partial charge is 0.264 e. The molecule has 1 aromatic carbocycles. The van der Waals surface area contributed by atoms with Gasteiger partial charge < -0.3 is 15.4 Å². The third-order valence-corrected chi connectivity index (χ3v) is 4.71. The maximum atomic E-state index is 12.7. The highest BCUT2D eigenvalue weighted by atomic mass is 16.5. The molecular weight excluding hydrogens is 408 g/mol. The summed E-state index contributed by atoms with van der Waals surface area (Å²) in [6, 6.07) is 12.5. The summed E-state index contributed by atoms with van der Waals surface area (Å²) in [6.07, 6.45) is 3.10. The van der Waals surface area contributed by atoms with Crippen molar-refractivity contribution < 1.29 is 9.53 Å². The summed E-state index contributed by atoms with van der Waals surface area (Å²) in [5.74, 6) is 1.88. The second-order valence-corrected chi connectivity index (χ2v) is 7.10. The number of hydrogen-bond donors (Lipinski definition) is 2. The summed E-state index contributed by atoms with van der Waals surface area (Å²) in [4.78, 5) is 37.0. The molecule has 3 aromatic heterocycles. The molecule has 0 aliphatic carbocycles. The molecule has 0 fully saturated rings. The standard InChI is InChI=1S/C23H22N6O3/c1-4-24-23-26-13-18(22(31)29(23)3)20-7-5-15-11-16(6-8-19(15)28-20)32-17-9-10-25-21(12-17)27-14(2)30/h5-13H,4H2,1-3H3,(H,24,26)(H,25,27,30). The van der Waals surface area contributed by atoms with Gasteiger partial charge in [-0.2, -0.15) is 0 Å². The number of carbonyl (C=O) groups excluding carboxylic acids is 1. The molecule has 32 heavy (non-hydrogen) atoms. The highest BCUT2D eigenvalue weighted by Gasteiger charge is 2.11. The van der Waals surface area contributed by atoms with Gasteiger partial charge in [0.2, 0.25) is 11.9 Å². The summed E-state index contributed by atoms with van der Waals surface area (Å²) in [5.41, 5.74) is 1.53. The number of rotatable bonds is 6. The highest BCUT2D eigenvalue weighted by Crippen LogP contribution is 2.27. The van der Waals surface area contributed by atoms with E-state index in [0.29, 0.717) is 41.1 Å². The fourth-order valence-electron chi connectivity index (χ4n) is 3.22. The quantitative estimate of drug-likeness (QED) is 0.481. The lowest BCUT2D eigenvalue weighted by Gasteiger charge is -2.11. The summed E-state index contributed by atoms with van der Waals surface area (Å²) in [7, 11) is 1.68. The Morgan fingerprint density at radius 2 is 1.91 bits per heavy atom. The maximum absolute atomic E-state index is 12.7. The zero-order valence-corrected chi connectivity index (χ0v) is 17.9. The molecule has 0 unspecified atom stereocenters. The van der Waals surface area contributed by atoms with Gasteiger partial charge in [-0.25, -0.2) is 15.0 Å². The van der Waals surface area contributed by atoms with Gasteiger partial charge in [-0.3, -0.25) is 14.2 Å². The van der Waals surface area contributed by atoms with Crippen LogP contribution in [0.1, 0.15) is 13.8 Å². The van der Waals surface area contributed by atoms with Crippen LogP contribution in [0.15, 0.2) is 59.7 Å². The van der Waals surface area contributed by atoms with E-state index in [-0.39, 0.29) is 11.5 Å². The number of aromatic nitrogens is 4. The molecule has 162 valence electrons. The average Bonchev–Trinajstić information content (AvgIpc) is 2.77. The number of carbonyl (C=O) groups is 1. The van der Waals surface area contributed by atoms with E-state index in [1.165, 1.54) is 11.5 Å². The van der Waals surface area contributed by atoms with Crippen LogP contribution in [-0.4, -0.2) is 32.0 Å². The first-order chi connectivity index (χ1) is 15.4. The molecule has 0 saturated heterocycles. The Labute approximate surface area is 184 Å². The molecule has 0 saturated carbocycles. The molecule has 0 atom stereocenters. The van der Waals surface area contributed by atoms with Gasteiger partial charge in [-0.15, -0.1) is 0 Å². The van der Waals surface area contributed by atoms with E-state index in [4.69, 9.17) is 4.74 Å². The fourth-order valence-corrected chi connectivity index (χ4v) is 3.22. The van der Waals surface area contributed by atoms with Crippen LogP contribution in [-0.2, 0) is 11.8 Å². The summed E-state index contributed by atoms with van der Waals surface area (Å²) >= 11 is 0. The molecular formula is C23H22N6O3. The van der Waals surface area contributed by atoms with E-state index in [0.717, 1.165) is 10.9 Å². The van der Waals surface area contributed by atoms with Crippen molar-refractivity contribution >= 4 is 28.6 Å². The number of pyridine rings is 2. The molecule has 0 aliphatic rings. The van der Waals surface area contributed by atoms with E-state index in [9.17, 15) is 9.59 Å². The fraction of sp³-hybridized carbons (Fsp3) is 0.174. The van der Waals surface area contributed by atoms with Crippen molar-refractivity contribution in [2.24, 2.45) is 7.05 Å². The Hall–Kier alpha value is -4.27. The van der Waals surface area contributed by atoms with Crippen molar-refractivity contribution in [2.45, 2.75) is 13.8 Å². The number of hydrogen-bond acceptors (Lipinski definition) is 7. The number of nitrogens with zero attached hydrogens (tertiary/aromatic N) is 4. The van der Waals surface area contributed by atoms with Crippen molar-refractivity contribution in [1.29, 1.82) is 0 Å². The third-order valence-electron chi connectivity index (χ3n) is 4.71. The van der Waals surface area contributed by atoms with Gasteiger partial charge in [0.1, 0.15) is 17.3 Å². The Morgan fingerprint density at radius 3 is 2.69 bits per heavy atom. The van der Waals surface area contributed by atoms with Crippen LogP contribution in [0.25, 0.3) is 22.2 Å². The van der Waals surface area contributed by atoms with Gasteiger partial charge in [0.25, 0.3) is 5.56 Å². The molecule has 4 aromatic rings. The Bertz CT molecular complexity index is 1370. The van der Waals surface area contributed by atoms with E-state index in [1.54, 1.807) is 43.7 Å². The Morgan fingerprint density at radius 1 is 1.09 bits per heavy atom. The Kier molecular flexibility index (Phi) is 5.80. The molecule has 1 amide bonds. The van der Waals surface area contributed by atoms with Gasteiger partial charge in [0, 0.05) is 44.4 Å². The van der Waals surface area contributed by atoms with Gasteiger partial charge in [0.15, 0.2) is 0 Å². The van der Waals surface area contributed by atoms with E-state index in [2.05, 4.69) is 25.6 Å². The second-order valence-electron chi connectivity index (χ2n) is 7.10. The largest absolute Gasteiger partial charge is 0.457 e. The minimum Gasteiger partial charge on any atom is -0.457 e. The Balaban J connectivity index is 1.61. The van der Waals surface area contributed by atoms with Crippen LogP contribution in [0.3, 0.4) is 0 Å². The van der Waals surface area contributed by atoms with E-state index in [1.807, 2.05) is 25.1 Å². The topological polar surface area (TPSA) is 111 Å². The molecule has 0 aliphatic heterocycles. The van der Waals surface area contributed by atoms with Gasteiger partial charge >= 0.3 is 0 Å². The molecule has 4 rings (SSSR count). The van der Waals surface area contributed by atoms with E-state index < -0.39 is 0 Å². The van der Waals surface area contributed by atoms with Crippen molar-refractivity contribution in [1.82, 2.24) is 19.5 Å². The normalized spacial score (nSPS) is 10.7. The monoisotopic (exact) mass is 430 g/mol. The number of benzene rings is 1. The molecule has 9 nitrogen and oxygen atoms in total. The van der Waals surface area contributed by atoms with Crippen molar-refractivity contribution in [3.05, 3.63) is 65.2 Å². The summed E-state index contributed by atoms with van der Waals surface area (Å²) < 4.78 is 7.38. The molecule has 3 heterocycles. The SMILES string of the molecule is CCNc1ncc(-c2ccc3cc(Oc4ccnc(NC(C)=O)c4)ccc3n2)c(=O)n1C. The second kappa shape index (κ2) is 8.84. The zero-order chi connectivity index (χ0) is 22.7. The maximum Gasteiger partial charge on any atom is 0.264 e. The molecule has 0 bridgehead atoms. The van der Waals surface area contributed by atoms with Crippen molar-refractivity contribution in [3.8, 4) is 22.8 Å². The lowest BCUT2D eigenvalue weighted by Crippen LogP contribution is -2.23. The number of fused-ring (bicyclic) bond motifs is 1. The van der Waals surface area contributed by atoms with Crippen LogP contribution in [0.4, 0.5) is 11.8 Å². The third kappa shape index (κ3) is 4.41. The number of amides is 1. The first-order valence-electron chi connectivity index (χ1n) is 10.1. The lowest BCUT2D eigenvalue weighted by molar-refractivity contribution is -0.114. The van der Waals surface area contributed by atoms with Crippen LogP contribution in [0, 0.1) is 0 Å². The van der Waals surface area contributed by atoms with Gasteiger partial charge in [-0.1, -0.05) is 6.07 Å². The van der Waals surface area contributed by atoms with Crippen molar-refractivity contribution in [2.75, 3.05) is 17.2 Å². The molecule has 2 N–H and O–H groups in total. The number of anilines is 2. The summed E-state index contributed by atoms with van der Waals surface area (Å²) in [5, 5.41) is 6.54. The summed E-state index contributed by atoms with van der Waals surface area (Å²) in [6.45, 7) is 4.04. The minimum atomic E-state index is -0.205. The predicted molar refractivity (Wildman–Crippen MR) is 123 cm³/mol.